The summed E-state index contributed by atoms with van der Waals surface area (Å²) < 4.78 is 5.34. The Hall–Kier alpha value is -2.25. The van der Waals surface area contributed by atoms with Crippen LogP contribution in [0.4, 0.5) is 5.69 Å². The van der Waals surface area contributed by atoms with E-state index in [2.05, 4.69) is 11.4 Å². The molecule has 3 aliphatic rings. The van der Waals surface area contributed by atoms with E-state index in [4.69, 9.17) is 17.0 Å². The fourth-order valence-corrected chi connectivity index (χ4v) is 4.73. The summed E-state index contributed by atoms with van der Waals surface area (Å²) in [6.45, 7) is 1.99. The van der Waals surface area contributed by atoms with Gasteiger partial charge in [-0.1, -0.05) is 6.07 Å². The molecular formula is C19H22N4O4S. The number of nitriles is 1. The van der Waals surface area contributed by atoms with Gasteiger partial charge in [-0.05, 0) is 36.8 Å². The van der Waals surface area contributed by atoms with Gasteiger partial charge in [0, 0.05) is 18.8 Å². The van der Waals surface area contributed by atoms with Crippen molar-refractivity contribution in [2.75, 3.05) is 31.2 Å². The summed E-state index contributed by atoms with van der Waals surface area (Å²) in [7, 11) is 0. The molecule has 1 amide bonds. The van der Waals surface area contributed by atoms with Gasteiger partial charge in [0.05, 0.1) is 49.0 Å². The number of hydrogen-bond acceptors (Lipinski definition) is 6. The number of ether oxygens (including phenoxy) is 1. The third kappa shape index (κ3) is 3.22. The first-order valence-electron chi connectivity index (χ1n) is 9.34. The number of thiocarbonyl (C=S) groups is 1. The van der Waals surface area contributed by atoms with Crippen LogP contribution in [-0.2, 0) is 9.53 Å². The monoisotopic (exact) mass is 402 g/mol. The molecule has 0 unspecified atom stereocenters. The lowest BCUT2D eigenvalue weighted by molar-refractivity contribution is -0.145. The Labute approximate surface area is 168 Å². The fraction of sp³-hybridized carbons (Fsp3) is 0.526. The largest absolute Gasteiger partial charge is 0.390 e. The first kappa shape index (κ1) is 19.1. The maximum atomic E-state index is 13.3. The highest BCUT2D eigenvalue weighted by molar-refractivity contribution is 7.80. The van der Waals surface area contributed by atoms with Gasteiger partial charge in [0.2, 0.25) is 5.91 Å². The van der Waals surface area contributed by atoms with E-state index in [-0.39, 0.29) is 12.3 Å². The normalized spacial score (nSPS) is 32.5. The van der Waals surface area contributed by atoms with Crippen molar-refractivity contribution >= 4 is 28.9 Å². The van der Waals surface area contributed by atoms with Crippen molar-refractivity contribution in [2.24, 2.45) is 5.92 Å². The van der Waals surface area contributed by atoms with Gasteiger partial charge in [-0.2, -0.15) is 5.26 Å². The van der Waals surface area contributed by atoms with E-state index in [0.717, 1.165) is 0 Å². The molecule has 5 atom stereocenters. The highest BCUT2D eigenvalue weighted by Gasteiger charge is 2.54. The molecule has 3 fully saturated rings. The summed E-state index contributed by atoms with van der Waals surface area (Å²) in [5.74, 6) is -0.614. The summed E-state index contributed by atoms with van der Waals surface area (Å²) in [6.07, 6.45) is -1.91. The molecule has 0 aromatic heterocycles. The number of aliphatic hydroxyl groups is 2. The number of nitrogens with zero attached hydrogens (tertiary/aromatic N) is 3. The predicted molar refractivity (Wildman–Crippen MR) is 104 cm³/mol. The van der Waals surface area contributed by atoms with Crippen LogP contribution in [0.5, 0.6) is 0 Å². The summed E-state index contributed by atoms with van der Waals surface area (Å²) >= 11 is 5.50. The van der Waals surface area contributed by atoms with E-state index in [1.165, 1.54) is 0 Å². The van der Waals surface area contributed by atoms with Crippen LogP contribution in [0.2, 0.25) is 0 Å². The standard InChI is InChI=1S/C19H22N4O4S/c20-10-11-2-1-3-12(8-11)23-16-13(18(26)22-4-6-27-7-5-22)9-14(24)17(25)15(16)21-19(23)28/h1-3,8,13-17,24-25H,4-7,9H2,(H,21,28)/t13-,14-,15-,16-,17+/m1/s1. The molecule has 2 heterocycles. The van der Waals surface area contributed by atoms with Gasteiger partial charge in [0.15, 0.2) is 5.11 Å². The number of aliphatic hydroxyl groups excluding tert-OH is 2. The number of hydrogen-bond donors (Lipinski definition) is 3. The van der Waals surface area contributed by atoms with Crippen LogP contribution < -0.4 is 10.2 Å². The Morgan fingerprint density at radius 2 is 2.07 bits per heavy atom. The summed E-state index contributed by atoms with van der Waals surface area (Å²) in [5, 5.41) is 33.6. The number of carbonyl (C=O) groups is 1. The summed E-state index contributed by atoms with van der Waals surface area (Å²) in [5.41, 5.74) is 1.17. The highest BCUT2D eigenvalue weighted by atomic mass is 32.1. The Kier molecular flexibility index (Phi) is 5.21. The smallest absolute Gasteiger partial charge is 0.228 e. The average molecular weight is 402 g/mol. The van der Waals surface area contributed by atoms with Crippen molar-refractivity contribution in [1.29, 1.82) is 5.26 Å². The minimum absolute atomic E-state index is 0.0720. The van der Waals surface area contributed by atoms with Gasteiger partial charge < -0.3 is 30.1 Å². The molecule has 4 rings (SSSR count). The van der Waals surface area contributed by atoms with Crippen LogP contribution in [-0.4, -0.2) is 76.7 Å². The van der Waals surface area contributed by atoms with Crippen LogP contribution >= 0.6 is 12.2 Å². The second-order valence-electron chi connectivity index (χ2n) is 7.34. The molecule has 1 aromatic carbocycles. The van der Waals surface area contributed by atoms with E-state index in [1.54, 1.807) is 28.0 Å². The second kappa shape index (κ2) is 7.64. The molecule has 1 aromatic rings. The molecule has 0 bridgehead atoms. The summed E-state index contributed by atoms with van der Waals surface area (Å²) in [6, 6.07) is 8.08. The highest BCUT2D eigenvalue weighted by Crippen LogP contribution is 2.37. The van der Waals surface area contributed by atoms with Crippen molar-refractivity contribution in [1.82, 2.24) is 10.2 Å². The van der Waals surface area contributed by atoms with Gasteiger partial charge in [-0.3, -0.25) is 4.79 Å². The predicted octanol–water partition coefficient (Wildman–Crippen LogP) is -0.410. The third-order valence-corrected chi connectivity index (χ3v) is 6.05. The SMILES string of the molecule is N#Cc1cccc(N2C(=S)N[C@H]3[C@@H](O)[C@H](O)C[C@@H](C(=O)N4CCOCC4)[C@H]32)c1. The molecule has 1 aliphatic carbocycles. The number of rotatable bonds is 2. The zero-order valence-corrected chi connectivity index (χ0v) is 16.0. The lowest BCUT2D eigenvalue weighted by Crippen LogP contribution is -2.61. The molecule has 148 valence electrons. The van der Waals surface area contributed by atoms with E-state index >= 15 is 0 Å². The number of benzene rings is 1. The lowest BCUT2D eigenvalue weighted by atomic mass is 9.77. The van der Waals surface area contributed by atoms with E-state index in [1.807, 2.05) is 6.07 Å². The number of anilines is 1. The zero-order chi connectivity index (χ0) is 19.8. The van der Waals surface area contributed by atoms with Crippen molar-refractivity contribution in [2.45, 2.75) is 30.7 Å². The van der Waals surface area contributed by atoms with E-state index in [0.29, 0.717) is 42.7 Å². The van der Waals surface area contributed by atoms with Crippen LogP contribution in [0.1, 0.15) is 12.0 Å². The van der Waals surface area contributed by atoms with Gasteiger partial charge in [0.25, 0.3) is 0 Å². The molecule has 9 heteroatoms. The molecule has 3 N–H and O–H groups in total. The number of carbonyl (C=O) groups excluding carboxylic acids is 1. The number of amides is 1. The maximum Gasteiger partial charge on any atom is 0.228 e. The molecule has 28 heavy (non-hydrogen) atoms. The van der Waals surface area contributed by atoms with Gasteiger partial charge in [0.1, 0.15) is 6.10 Å². The van der Waals surface area contributed by atoms with Gasteiger partial charge >= 0.3 is 0 Å². The first-order valence-corrected chi connectivity index (χ1v) is 9.74. The molecule has 8 nitrogen and oxygen atoms in total. The van der Waals surface area contributed by atoms with Gasteiger partial charge in [-0.25, -0.2) is 0 Å². The molecule has 1 saturated carbocycles. The topological polar surface area (TPSA) is 109 Å². The molecule has 2 saturated heterocycles. The van der Waals surface area contributed by atoms with E-state index < -0.39 is 30.2 Å². The molecule has 0 spiro atoms. The average Bonchev–Trinajstić information content (AvgIpc) is 3.08. The fourth-order valence-electron chi connectivity index (χ4n) is 4.37. The quantitative estimate of drug-likeness (QED) is 0.573. The van der Waals surface area contributed by atoms with Gasteiger partial charge in [-0.15, -0.1) is 0 Å². The Balaban J connectivity index is 1.70. The molecule has 0 radical (unpaired) electrons. The van der Waals surface area contributed by atoms with Crippen molar-refractivity contribution in [3.05, 3.63) is 29.8 Å². The minimum Gasteiger partial charge on any atom is -0.390 e. The number of morpholine rings is 1. The number of fused-ring (bicyclic) bond motifs is 1. The van der Waals surface area contributed by atoms with Crippen molar-refractivity contribution < 1.29 is 19.7 Å². The minimum atomic E-state index is -1.04. The van der Waals surface area contributed by atoms with Crippen LogP contribution in [0, 0.1) is 17.2 Å². The first-order chi connectivity index (χ1) is 13.5. The van der Waals surface area contributed by atoms with Crippen LogP contribution in [0.15, 0.2) is 24.3 Å². The van der Waals surface area contributed by atoms with Crippen molar-refractivity contribution in [3.8, 4) is 6.07 Å². The Bertz CT molecular complexity index is 822. The Morgan fingerprint density at radius 3 is 2.79 bits per heavy atom. The Morgan fingerprint density at radius 1 is 1.32 bits per heavy atom. The van der Waals surface area contributed by atoms with Crippen LogP contribution in [0.25, 0.3) is 0 Å². The second-order valence-corrected chi connectivity index (χ2v) is 7.72. The van der Waals surface area contributed by atoms with E-state index in [9.17, 15) is 20.3 Å². The third-order valence-electron chi connectivity index (χ3n) is 5.74. The lowest BCUT2D eigenvalue weighted by Gasteiger charge is -2.43. The molecular weight excluding hydrogens is 380 g/mol. The van der Waals surface area contributed by atoms with Crippen molar-refractivity contribution in [3.63, 3.8) is 0 Å². The van der Waals surface area contributed by atoms with Crippen LogP contribution in [0.3, 0.4) is 0 Å². The summed E-state index contributed by atoms with van der Waals surface area (Å²) in [4.78, 5) is 16.8. The zero-order valence-electron chi connectivity index (χ0n) is 15.2. The number of nitrogens with one attached hydrogen (secondary N) is 1. The molecule has 2 aliphatic heterocycles. The maximum absolute atomic E-state index is 13.3.